The van der Waals surface area contributed by atoms with Crippen LogP contribution in [0.15, 0.2) is 45.4 Å². The van der Waals surface area contributed by atoms with Crippen LogP contribution in [0, 0.1) is 0 Å². The Kier molecular flexibility index (Phi) is 6.23. The summed E-state index contributed by atoms with van der Waals surface area (Å²) in [4.78, 5) is 24.8. The van der Waals surface area contributed by atoms with E-state index in [0.717, 1.165) is 28.6 Å². The topological polar surface area (TPSA) is 119 Å². The Morgan fingerprint density at radius 2 is 1.94 bits per heavy atom. The molecule has 31 heavy (non-hydrogen) atoms. The molecule has 1 aromatic carbocycles. The van der Waals surface area contributed by atoms with Crippen LogP contribution in [0.1, 0.15) is 19.3 Å². The van der Waals surface area contributed by atoms with E-state index in [4.69, 9.17) is 11.6 Å². The molecule has 2 aromatic heterocycles. The van der Waals surface area contributed by atoms with Gasteiger partial charge in [-0.15, -0.1) is 11.3 Å². The van der Waals surface area contributed by atoms with Crippen LogP contribution in [0.25, 0.3) is 5.00 Å². The largest absolute Gasteiger partial charge is 0.369 e. The molecule has 0 saturated carbocycles. The minimum atomic E-state index is -3.77. The number of halogens is 1. The molecule has 0 spiro atoms. The van der Waals surface area contributed by atoms with Crippen LogP contribution in [0.5, 0.6) is 0 Å². The Balaban J connectivity index is 1.51. The molecule has 0 aliphatic carbocycles. The van der Waals surface area contributed by atoms with Gasteiger partial charge in [0.15, 0.2) is 0 Å². The Bertz CT molecular complexity index is 1250. The van der Waals surface area contributed by atoms with Crippen LogP contribution >= 0.6 is 22.9 Å². The number of hydrogen-bond donors (Lipinski definition) is 1. The lowest BCUT2D eigenvalue weighted by molar-refractivity contribution is -0.117. The zero-order valence-electron chi connectivity index (χ0n) is 16.3. The molecule has 4 rings (SSSR count). The molecule has 1 aliphatic heterocycles. The van der Waals surface area contributed by atoms with E-state index in [1.165, 1.54) is 33.8 Å². The fourth-order valence-electron chi connectivity index (χ4n) is 3.26. The Morgan fingerprint density at radius 3 is 2.65 bits per heavy atom. The number of amides is 1. The van der Waals surface area contributed by atoms with Gasteiger partial charge in [-0.2, -0.15) is 13.7 Å². The smallest absolute Gasteiger partial charge is 0.324 e. The number of nitrogens with zero attached hydrogens (tertiary/aromatic N) is 5. The first-order chi connectivity index (χ1) is 14.9. The first-order valence-electron chi connectivity index (χ1n) is 9.52. The summed E-state index contributed by atoms with van der Waals surface area (Å²) in [5, 5.41) is 12.6. The van der Waals surface area contributed by atoms with Crippen LogP contribution in [-0.2, 0) is 21.4 Å². The Hall–Kier alpha value is -2.54. The number of benzene rings is 1. The number of anilines is 1. The van der Waals surface area contributed by atoms with E-state index >= 15 is 0 Å². The highest BCUT2D eigenvalue weighted by Gasteiger charge is 2.28. The quantitative estimate of drug-likeness (QED) is 0.573. The summed E-state index contributed by atoms with van der Waals surface area (Å²) in [6, 6.07) is 7.74. The van der Waals surface area contributed by atoms with Crippen LogP contribution in [0.4, 0.5) is 5.69 Å². The lowest BCUT2D eigenvalue weighted by atomic mass is 10.2. The fourth-order valence-corrected chi connectivity index (χ4v) is 5.95. The van der Waals surface area contributed by atoms with Gasteiger partial charge >= 0.3 is 5.69 Å². The molecule has 0 bridgehead atoms. The van der Waals surface area contributed by atoms with E-state index in [1.807, 2.05) is 0 Å². The molecule has 3 aromatic rings. The predicted octanol–water partition coefficient (Wildman–Crippen LogP) is 1.96. The predicted molar refractivity (Wildman–Crippen MR) is 116 cm³/mol. The van der Waals surface area contributed by atoms with Crippen molar-refractivity contribution in [1.82, 2.24) is 24.1 Å². The maximum Gasteiger partial charge on any atom is 0.369 e. The van der Waals surface area contributed by atoms with Crippen molar-refractivity contribution in [3.8, 4) is 5.00 Å². The highest BCUT2D eigenvalue weighted by atomic mass is 35.5. The van der Waals surface area contributed by atoms with Gasteiger partial charge in [-0.3, -0.25) is 4.79 Å². The summed E-state index contributed by atoms with van der Waals surface area (Å²) >= 11 is 7.47. The van der Waals surface area contributed by atoms with Gasteiger partial charge in [0.1, 0.15) is 16.4 Å². The number of carbonyl (C=O) groups is 1. The van der Waals surface area contributed by atoms with Gasteiger partial charge in [-0.25, -0.2) is 13.2 Å². The van der Waals surface area contributed by atoms with Gasteiger partial charge in [-0.05, 0) is 59.0 Å². The SMILES string of the molecule is O=C(Cn1nnn(-c2cccs2)c1=O)Nc1ccc(Cl)c(S(=O)(=O)N2CCCCC2)c1. The van der Waals surface area contributed by atoms with Crippen LogP contribution in [0.3, 0.4) is 0 Å². The average molecular weight is 483 g/mol. The number of nitrogens with one attached hydrogen (secondary N) is 1. The molecular formula is C18H19ClN6O4S2. The van der Waals surface area contributed by atoms with Gasteiger partial charge in [0, 0.05) is 18.8 Å². The Labute approximate surface area is 187 Å². The Morgan fingerprint density at radius 1 is 1.16 bits per heavy atom. The second kappa shape index (κ2) is 8.91. The number of sulfonamides is 1. The normalized spacial score (nSPS) is 15.1. The number of piperidine rings is 1. The molecule has 1 amide bonds. The van der Waals surface area contributed by atoms with Gasteiger partial charge in [0.05, 0.1) is 5.02 Å². The van der Waals surface area contributed by atoms with Crippen LogP contribution < -0.4 is 11.0 Å². The summed E-state index contributed by atoms with van der Waals surface area (Å²) in [5.41, 5.74) is -0.300. The molecule has 0 atom stereocenters. The maximum absolute atomic E-state index is 13.0. The molecule has 1 saturated heterocycles. The summed E-state index contributed by atoms with van der Waals surface area (Å²) in [7, 11) is -3.77. The monoisotopic (exact) mass is 482 g/mol. The number of carbonyl (C=O) groups excluding carboxylic acids is 1. The van der Waals surface area contributed by atoms with Crippen molar-refractivity contribution in [2.75, 3.05) is 18.4 Å². The van der Waals surface area contributed by atoms with E-state index < -0.39 is 21.6 Å². The van der Waals surface area contributed by atoms with Crippen molar-refractivity contribution in [2.24, 2.45) is 0 Å². The molecule has 3 heterocycles. The highest BCUT2D eigenvalue weighted by Crippen LogP contribution is 2.29. The van der Waals surface area contributed by atoms with Crippen LogP contribution in [-0.4, -0.2) is 51.5 Å². The third-order valence-electron chi connectivity index (χ3n) is 4.80. The zero-order chi connectivity index (χ0) is 22.0. The number of aromatic nitrogens is 4. The molecule has 0 radical (unpaired) electrons. The highest BCUT2D eigenvalue weighted by molar-refractivity contribution is 7.89. The number of thiophene rings is 1. The van der Waals surface area contributed by atoms with Crippen molar-refractivity contribution in [3.63, 3.8) is 0 Å². The molecule has 1 N–H and O–H groups in total. The molecule has 164 valence electrons. The van der Waals surface area contributed by atoms with Gasteiger partial charge in [0.25, 0.3) is 0 Å². The fraction of sp³-hybridized carbons (Fsp3) is 0.333. The van der Waals surface area contributed by atoms with E-state index in [-0.39, 0.29) is 22.2 Å². The van der Waals surface area contributed by atoms with Crippen molar-refractivity contribution < 1.29 is 13.2 Å². The van der Waals surface area contributed by atoms with Crippen molar-refractivity contribution >= 4 is 44.6 Å². The summed E-state index contributed by atoms with van der Waals surface area (Å²) < 4.78 is 29.4. The molecule has 1 aliphatic rings. The number of tetrazole rings is 1. The summed E-state index contributed by atoms with van der Waals surface area (Å²) in [6.45, 7) is 0.511. The van der Waals surface area contributed by atoms with Crippen molar-refractivity contribution in [3.05, 3.63) is 51.2 Å². The lowest BCUT2D eigenvalue weighted by Gasteiger charge is -2.26. The van der Waals surface area contributed by atoms with Gasteiger partial charge in [0.2, 0.25) is 15.9 Å². The minimum Gasteiger partial charge on any atom is -0.324 e. The zero-order valence-corrected chi connectivity index (χ0v) is 18.7. The summed E-state index contributed by atoms with van der Waals surface area (Å²) in [5.74, 6) is -0.552. The molecule has 1 fully saturated rings. The molecular weight excluding hydrogens is 464 g/mol. The second-order valence-electron chi connectivity index (χ2n) is 6.94. The maximum atomic E-state index is 13.0. The van der Waals surface area contributed by atoms with Gasteiger partial charge in [-0.1, -0.05) is 18.0 Å². The molecule has 0 unspecified atom stereocenters. The molecule has 10 nitrogen and oxygen atoms in total. The minimum absolute atomic E-state index is 0.0605. The van der Waals surface area contributed by atoms with E-state index in [1.54, 1.807) is 17.5 Å². The van der Waals surface area contributed by atoms with Crippen molar-refractivity contribution in [2.45, 2.75) is 30.7 Å². The van der Waals surface area contributed by atoms with E-state index in [2.05, 4.69) is 15.7 Å². The lowest BCUT2D eigenvalue weighted by Crippen LogP contribution is -2.35. The first-order valence-corrected chi connectivity index (χ1v) is 12.2. The summed E-state index contributed by atoms with van der Waals surface area (Å²) in [6.07, 6.45) is 2.59. The van der Waals surface area contributed by atoms with Gasteiger partial charge < -0.3 is 5.32 Å². The standard InChI is InChI=1S/C18H19ClN6O4S2/c19-14-7-6-13(11-15(14)31(28,29)23-8-2-1-3-9-23)20-16(26)12-24-18(27)25(22-21-24)17-5-4-10-30-17/h4-7,10-11H,1-3,8-9,12H2,(H,20,26). The van der Waals surface area contributed by atoms with Crippen LogP contribution in [0.2, 0.25) is 5.02 Å². The second-order valence-corrected chi connectivity index (χ2v) is 10.2. The average Bonchev–Trinajstić information content (AvgIpc) is 3.40. The molecule has 13 heteroatoms. The first kappa shape index (κ1) is 21.7. The number of hydrogen-bond acceptors (Lipinski definition) is 7. The third-order valence-corrected chi connectivity index (χ3v) is 8.02. The third kappa shape index (κ3) is 4.56. The van der Waals surface area contributed by atoms with E-state index in [0.29, 0.717) is 18.1 Å². The van der Waals surface area contributed by atoms with Crippen molar-refractivity contribution in [1.29, 1.82) is 0 Å². The van der Waals surface area contributed by atoms with E-state index in [9.17, 15) is 18.0 Å². The number of rotatable bonds is 6.